The van der Waals surface area contributed by atoms with Crippen molar-refractivity contribution in [1.29, 1.82) is 10.5 Å². The van der Waals surface area contributed by atoms with Gasteiger partial charge in [-0.2, -0.15) is 23.7 Å². The summed E-state index contributed by atoms with van der Waals surface area (Å²) in [4.78, 5) is 3.52. The van der Waals surface area contributed by atoms with Gasteiger partial charge >= 0.3 is 6.18 Å². The molecule has 0 radical (unpaired) electrons. The molecule has 0 unspecified atom stereocenters. The Balaban J connectivity index is 1.27. The summed E-state index contributed by atoms with van der Waals surface area (Å²) in [5, 5.41) is 23.9. The molecule has 10 aromatic rings. The second kappa shape index (κ2) is 13.9. The summed E-state index contributed by atoms with van der Waals surface area (Å²) in [5.41, 5.74) is 8.53. The highest BCUT2D eigenvalue weighted by Crippen LogP contribution is 2.45. The van der Waals surface area contributed by atoms with Crippen LogP contribution in [0.15, 0.2) is 170 Å². The molecule has 0 N–H and O–H groups in total. The number of alkyl halides is 3. The van der Waals surface area contributed by atoms with Gasteiger partial charge in [0, 0.05) is 27.1 Å². The number of hydrogen-bond acceptors (Lipinski definition) is 2. The zero-order chi connectivity index (χ0) is 41.1. The Kier molecular flexibility index (Phi) is 8.35. The highest BCUT2D eigenvalue weighted by atomic mass is 19.4. The number of halogens is 3. The highest BCUT2D eigenvalue weighted by molar-refractivity contribution is 6.12. The number of rotatable bonds is 5. The summed E-state index contributed by atoms with van der Waals surface area (Å²) in [6.45, 7) is 7.36. The molecule has 0 fully saturated rings. The van der Waals surface area contributed by atoms with Crippen molar-refractivity contribution in [1.82, 2.24) is 9.13 Å². The lowest BCUT2D eigenvalue weighted by Crippen LogP contribution is -2.09. The van der Waals surface area contributed by atoms with Crippen LogP contribution in [0.2, 0.25) is 0 Å². The molecule has 0 bridgehead atoms. The van der Waals surface area contributed by atoms with Crippen LogP contribution in [0.3, 0.4) is 0 Å². The van der Waals surface area contributed by atoms with E-state index in [4.69, 9.17) is 6.57 Å². The van der Waals surface area contributed by atoms with Crippen molar-refractivity contribution in [2.24, 2.45) is 0 Å². The van der Waals surface area contributed by atoms with Gasteiger partial charge in [0.25, 0.3) is 0 Å². The fourth-order valence-corrected chi connectivity index (χ4v) is 8.51. The first-order chi connectivity index (χ1) is 29.2. The average Bonchev–Trinajstić information content (AvgIpc) is 3.80. The zero-order valence-corrected chi connectivity index (χ0v) is 31.5. The molecule has 60 heavy (non-hydrogen) atoms. The van der Waals surface area contributed by atoms with Crippen LogP contribution < -0.4 is 0 Å². The topological polar surface area (TPSA) is 61.8 Å². The van der Waals surface area contributed by atoms with Crippen molar-refractivity contribution in [2.45, 2.75) is 6.18 Å². The van der Waals surface area contributed by atoms with Crippen LogP contribution in [0.5, 0.6) is 0 Å². The Morgan fingerprint density at radius 3 is 1.52 bits per heavy atom. The van der Waals surface area contributed by atoms with Gasteiger partial charge in [0.05, 0.1) is 62.8 Å². The molecule has 8 heteroatoms. The number of hydrogen-bond donors (Lipinski definition) is 0. The molecule has 282 valence electrons. The largest absolute Gasteiger partial charge is 0.417 e. The predicted molar refractivity (Wildman–Crippen MR) is 232 cm³/mol. The normalized spacial score (nSPS) is 11.5. The SMILES string of the molecule is [C-]#[N+]c1ccc(-c2ccc3c(c2)c2ccccc2n3-c2cc(C#N)c(-n3c4ccccc4c4cc(-c5ccc(C#N)cc5)ccc43)cc2-c2ccccc2C(F)(F)F)cc1. The monoisotopic (exact) mass is 779 g/mol. The van der Waals surface area contributed by atoms with Crippen LogP contribution in [0, 0.1) is 29.2 Å². The maximum absolute atomic E-state index is 15.0. The first kappa shape index (κ1) is 36.0. The van der Waals surface area contributed by atoms with E-state index >= 15 is 13.2 Å². The molecule has 10 rings (SSSR count). The maximum atomic E-state index is 15.0. The molecule has 2 heterocycles. The molecular formula is C52H28F3N5. The van der Waals surface area contributed by atoms with Gasteiger partial charge in [0.15, 0.2) is 5.69 Å². The number of aromatic nitrogens is 2. The van der Waals surface area contributed by atoms with E-state index in [9.17, 15) is 10.5 Å². The number of nitrogens with zero attached hydrogens (tertiary/aromatic N) is 5. The summed E-state index contributed by atoms with van der Waals surface area (Å²) in [5.74, 6) is 0. The molecule has 0 spiro atoms. The Morgan fingerprint density at radius 1 is 0.467 bits per heavy atom. The van der Waals surface area contributed by atoms with E-state index in [0.29, 0.717) is 28.2 Å². The van der Waals surface area contributed by atoms with Crippen molar-refractivity contribution in [3.8, 4) is 56.9 Å². The van der Waals surface area contributed by atoms with Gasteiger partial charge in [-0.3, -0.25) is 0 Å². The Hall–Kier alpha value is -8.38. The molecule has 0 saturated carbocycles. The van der Waals surface area contributed by atoms with E-state index in [1.165, 1.54) is 12.1 Å². The summed E-state index contributed by atoms with van der Waals surface area (Å²) in [7, 11) is 0. The molecule has 0 aliphatic heterocycles. The molecule has 8 aromatic carbocycles. The Morgan fingerprint density at radius 2 is 0.967 bits per heavy atom. The molecule has 0 aliphatic rings. The van der Waals surface area contributed by atoms with Crippen molar-refractivity contribution >= 4 is 49.3 Å². The van der Waals surface area contributed by atoms with Crippen LogP contribution in [0.4, 0.5) is 18.9 Å². The summed E-state index contributed by atoms with van der Waals surface area (Å²) in [6, 6.07) is 55.9. The first-order valence-electron chi connectivity index (χ1n) is 19.1. The molecule has 5 nitrogen and oxygen atoms in total. The van der Waals surface area contributed by atoms with E-state index in [1.807, 2.05) is 106 Å². The Bertz CT molecular complexity index is 3500. The number of benzene rings is 8. The van der Waals surface area contributed by atoms with Crippen LogP contribution in [0.1, 0.15) is 16.7 Å². The molecule has 2 aromatic heterocycles. The second-order valence-electron chi connectivity index (χ2n) is 14.6. The van der Waals surface area contributed by atoms with E-state index < -0.39 is 11.7 Å². The third-order valence-corrected chi connectivity index (χ3v) is 11.3. The number of nitriles is 2. The average molecular weight is 780 g/mol. The Labute approximate surface area is 342 Å². The lowest BCUT2D eigenvalue weighted by atomic mass is 9.95. The smallest absolute Gasteiger partial charge is 0.309 e. The minimum atomic E-state index is -4.67. The van der Waals surface area contributed by atoms with E-state index in [1.54, 1.807) is 42.5 Å². The highest BCUT2D eigenvalue weighted by Gasteiger charge is 2.34. The van der Waals surface area contributed by atoms with Crippen LogP contribution >= 0.6 is 0 Å². The second-order valence-corrected chi connectivity index (χ2v) is 14.6. The third-order valence-electron chi connectivity index (χ3n) is 11.3. The number of para-hydroxylation sites is 2. The minimum Gasteiger partial charge on any atom is -0.309 e. The standard InChI is InChI=1S/C52H28F3N5/c1-58-38-22-18-34(19-23-38)36-21-25-49-43(27-36)41-10-4-7-13-47(41)60(49)51-28-37(31-57)50(29-44(51)39-8-2-5-11-45(39)52(53,54)55)59-46-12-6-3-9-40(46)42-26-35(20-24-48(42)59)33-16-14-32(30-56)15-17-33/h2-29H. The van der Waals surface area contributed by atoms with Crippen LogP contribution in [0.25, 0.3) is 93.2 Å². The van der Waals surface area contributed by atoms with Crippen molar-refractivity contribution in [3.63, 3.8) is 0 Å². The van der Waals surface area contributed by atoms with Gasteiger partial charge in [-0.1, -0.05) is 103 Å². The quantitative estimate of drug-likeness (QED) is 0.163. The van der Waals surface area contributed by atoms with Crippen molar-refractivity contribution in [3.05, 3.63) is 198 Å². The lowest BCUT2D eigenvalue weighted by Gasteiger charge is -2.21. The predicted octanol–water partition coefficient (Wildman–Crippen LogP) is 14.2. The molecule has 0 atom stereocenters. The first-order valence-corrected chi connectivity index (χ1v) is 19.1. The van der Waals surface area contributed by atoms with Gasteiger partial charge in [-0.05, 0) is 94.5 Å². The van der Waals surface area contributed by atoms with Crippen LogP contribution in [-0.4, -0.2) is 9.13 Å². The van der Waals surface area contributed by atoms with Gasteiger partial charge in [-0.15, -0.1) is 0 Å². The minimum absolute atomic E-state index is 0.0166. The van der Waals surface area contributed by atoms with Gasteiger partial charge in [0.1, 0.15) is 6.07 Å². The van der Waals surface area contributed by atoms with Crippen molar-refractivity contribution in [2.75, 3.05) is 0 Å². The molecule has 0 aliphatic carbocycles. The van der Waals surface area contributed by atoms with E-state index in [-0.39, 0.29) is 11.1 Å². The molecular weight excluding hydrogens is 752 g/mol. The summed E-state index contributed by atoms with van der Waals surface area (Å²) >= 11 is 0. The fourth-order valence-electron chi connectivity index (χ4n) is 8.51. The zero-order valence-electron chi connectivity index (χ0n) is 31.5. The van der Waals surface area contributed by atoms with Gasteiger partial charge in [0.2, 0.25) is 0 Å². The summed E-state index contributed by atoms with van der Waals surface area (Å²) in [6.07, 6.45) is -4.67. The van der Waals surface area contributed by atoms with E-state index in [0.717, 1.165) is 71.9 Å². The van der Waals surface area contributed by atoms with E-state index in [2.05, 4.69) is 29.1 Å². The van der Waals surface area contributed by atoms with Gasteiger partial charge < -0.3 is 9.13 Å². The maximum Gasteiger partial charge on any atom is 0.417 e. The molecule has 0 saturated heterocycles. The third kappa shape index (κ3) is 5.77. The van der Waals surface area contributed by atoms with Crippen LogP contribution in [-0.2, 0) is 6.18 Å². The lowest BCUT2D eigenvalue weighted by molar-refractivity contribution is -0.137. The summed E-state index contributed by atoms with van der Waals surface area (Å²) < 4.78 is 49.0. The van der Waals surface area contributed by atoms with Crippen molar-refractivity contribution < 1.29 is 13.2 Å². The fraction of sp³-hybridized carbons (Fsp3) is 0.0192. The molecule has 0 amide bonds. The number of fused-ring (bicyclic) bond motifs is 6. The van der Waals surface area contributed by atoms with Gasteiger partial charge in [-0.25, -0.2) is 4.85 Å².